The van der Waals surface area contributed by atoms with Crippen molar-refractivity contribution in [3.05, 3.63) is 29.8 Å². The van der Waals surface area contributed by atoms with E-state index >= 15 is 0 Å². The van der Waals surface area contributed by atoms with Gasteiger partial charge in [-0.2, -0.15) is 0 Å². The summed E-state index contributed by atoms with van der Waals surface area (Å²) in [5.41, 5.74) is 1.13. The molecule has 5 heteroatoms. The monoisotopic (exact) mass is 283 g/mol. The van der Waals surface area contributed by atoms with Crippen molar-refractivity contribution < 1.29 is 13.7 Å². The molecule has 1 unspecified atom stereocenters. The molecule has 2 atom stereocenters. The first-order valence-corrected chi connectivity index (χ1v) is 7.53. The van der Waals surface area contributed by atoms with Crippen molar-refractivity contribution in [2.75, 3.05) is 7.11 Å². The van der Waals surface area contributed by atoms with Crippen molar-refractivity contribution in [3.63, 3.8) is 0 Å². The molecule has 0 bridgehead atoms. The molecule has 0 fully saturated rings. The summed E-state index contributed by atoms with van der Waals surface area (Å²) < 4.78 is 19.8. The van der Waals surface area contributed by atoms with Gasteiger partial charge in [-0.25, -0.2) is 8.93 Å². The molecule has 19 heavy (non-hydrogen) atoms. The van der Waals surface area contributed by atoms with Crippen LogP contribution in [0.25, 0.3) is 0 Å². The largest absolute Gasteiger partial charge is 0.469 e. The SMILES string of the molecule is CCCC(CC(=O)OC)N[S@@](=O)c1ccc(C)cc1. The van der Waals surface area contributed by atoms with Crippen LogP contribution in [0.4, 0.5) is 0 Å². The first kappa shape index (κ1) is 15.9. The van der Waals surface area contributed by atoms with E-state index in [0.717, 1.165) is 23.3 Å². The number of esters is 1. The molecular weight excluding hydrogens is 262 g/mol. The van der Waals surface area contributed by atoms with E-state index in [4.69, 9.17) is 0 Å². The fourth-order valence-electron chi connectivity index (χ4n) is 1.72. The fourth-order valence-corrected chi connectivity index (χ4v) is 2.74. The Morgan fingerprint density at radius 2 is 2.00 bits per heavy atom. The van der Waals surface area contributed by atoms with Crippen molar-refractivity contribution in [3.8, 4) is 0 Å². The van der Waals surface area contributed by atoms with Crippen LogP contribution < -0.4 is 4.72 Å². The minimum absolute atomic E-state index is 0.125. The van der Waals surface area contributed by atoms with E-state index in [1.54, 1.807) is 0 Å². The number of carbonyl (C=O) groups is 1. The van der Waals surface area contributed by atoms with Crippen LogP contribution in [0.2, 0.25) is 0 Å². The van der Waals surface area contributed by atoms with Crippen LogP contribution >= 0.6 is 0 Å². The van der Waals surface area contributed by atoms with Gasteiger partial charge in [0.25, 0.3) is 0 Å². The van der Waals surface area contributed by atoms with Crippen LogP contribution in [0.15, 0.2) is 29.2 Å². The maximum absolute atomic E-state index is 12.2. The minimum atomic E-state index is -1.30. The number of methoxy groups -OCH3 is 1. The van der Waals surface area contributed by atoms with E-state index < -0.39 is 11.0 Å². The summed E-state index contributed by atoms with van der Waals surface area (Å²) in [6.45, 7) is 4.01. The molecule has 4 nitrogen and oxygen atoms in total. The molecule has 1 aromatic rings. The van der Waals surface area contributed by atoms with Gasteiger partial charge in [-0.3, -0.25) is 4.79 Å². The zero-order chi connectivity index (χ0) is 14.3. The van der Waals surface area contributed by atoms with Gasteiger partial charge in [0.15, 0.2) is 0 Å². The van der Waals surface area contributed by atoms with Crippen LogP contribution in [0.1, 0.15) is 31.7 Å². The molecule has 0 aliphatic rings. The summed E-state index contributed by atoms with van der Waals surface area (Å²) in [4.78, 5) is 12.0. The van der Waals surface area contributed by atoms with Gasteiger partial charge in [-0.15, -0.1) is 0 Å². The Bertz CT molecular complexity index is 431. The van der Waals surface area contributed by atoms with Crippen molar-refractivity contribution in [1.82, 2.24) is 4.72 Å². The van der Waals surface area contributed by atoms with Crippen molar-refractivity contribution in [2.45, 2.75) is 44.0 Å². The van der Waals surface area contributed by atoms with Crippen LogP contribution in [-0.2, 0) is 20.5 Å². The molecule has 0 radical (unpaired) electrons. The Labute approximate surface area is 117 Å². The highest BCUT2D eigenvalue weighted by Gasteiger charge is 2.16. The summed E-state index contributed by atoms with van der Waals surface area (Å²) in [5.74, 6) is -0.285. The lowest BCUT2D eigenvalue weighted by Crippen LogP contribution is -2.33. The first-order valence-electron chi connectivity index (χ1n) is 6.38. The van der Waals surface area contributed by atoms with Gasteiger partial charge in [0.2, 0.25) is 0 Å². The highest BCUT2D eigenvalue weighted by atomic mass is 32.2. The van der Waals surface area contributed by atoms with Gasteiger partial charge in [0, 0.05) is 6.04 Å². The normalized spacial score (nSPS) is 13.8. The molecule has 0 spiro atoms. The predicted octanol–water partition coefficient (Wildman–Crippen LogP) is 2.34. The highest BCUT2D eigenvalue weighted by molar-refractivity contribution is 7.83. The van der Waals surface area contributed by atoms with Gasteiger partial charge >= 0.3 is 5.97 Å². The Kier molecular flexibility index (Phi) is 6.73. The fraction of sp³-hybridized carbons (Fsp3) is 0.500. The minimum Gasteiger partial charge on any atom is -0.469 e. The van der Waals surface area contributed by atoms with E-state index in [1.807, 2.05) is 38.1 Å². The summed E-state index contributed by atoms with van der Waals surface area (Å²) in [5, 5.41) is 0. The Hall–Kier alpha value is -1.20. The lowest BCUT2D eigenvalue weighted by molar-refractivity contribution is -0.141. The standard InChI is InChI=1S/C14H21NO3S/c1-4-5-12(10-14(16)18-3)15-19(17)13-8-6-11(2)7-9-13/h6-9,12,15H,4-5,10H2,1-3H3/t12?,19-/m0/s1. The predicted molar refractivity (Wildman–Crippen MR) is 76.1 cm³/mol. The second-order valence-electron chi connectivity index (χ2n) is 4.47. The van der Waals surface area contributed by atoms with Crippen molar-refractivity contribution >= 4 is 17.0 Å². The molecule has 0 saturated heterocycles. The van der Waals surface area contributed by atoms with Gasteiger partial charge in [0.05, 0.1) is 18.4 Å². The maximum atomic E-state index is 12.2. The molecule has 0 aliphatic carbocycles. The number of carbonyl (C=O) groups excluding carboxylic acids is 1. The zero-order valence-electron chi connectivity index (χ0n) is 11.6. The summed E-state index contributed by atoms with van der Waals surface area (Å²) in [6.07, 6.45) is 1.94. The zero-order valence-corrected chi connectivity index (χ0v) is 12.5. The summed E-state index contributed by atoms with van der Waals surface area (Å²) in [7, 11) is 0.0639. The number of nitrogens with one attached hydrogen (secondary N) is 1. The second-order valence-corrected chi connectivity index (χ2v) is 5.71. The number of hydrogen-bond acceptors (Lipinski definition) is 3. The van der Waals surface area contributed by atoms with Crippen molar-refractivity contribution in [2.24, 2.45) is 0 Å². The van der Waals surface area contributed by atoms with Crippen LogP contribution in [-0.4, -0.2) is 23.3 Å². The van der Waals surface area contributed by atoms with Crippen LogP contribution in [0.3, 0.4) is 0 Å². The summed E-state index contributed by atoms with van der Waals surface area (Å²) in [6, 6.07) is 7.38. The molecule has 1 aromatic carbocycles. The maximum Gasteiger partial charge on any atom is 0.307 e. The average Bonchev–Trinajstić information content (AvgIpc) is 2.39. The molecule has 0 aliphatic heterocycles. The van der Waals surface area contributed by atoms with Gasteiger partial charge in [-0.05, 0) is 25.5 Å². The third-order valence-electron chi connectivity index (χ3n) is 2.79. The average molecular weight is 283 g/mol. The van der Waals surface area contributed by atoms with Gasteiger partial charge in [0.1, 0.15) is 11.0 Å². The Balaban J connectivity index is 2.65. The lowest BCUT2D eigenvalue weighted by Gasteiger charge is -2.16. The van der Waals surface area contributed by atoms with Gasteiger partial charge < -0.3 is 4.74 Å². The molecule has 1 rings (SSSR count). The van der Waals surface area contributed by atoms with E-state index in [0.29, 0.717) is 0 Å². The van der Waals surface area contributed by atoms with Crippen LogP contribution in [0.5, 0.6) is 0 Å². The third kappa shape index (κ3) is 5.53. The number of ether oxygens (including phenoxy) is 1. The number of aryl methyl sites for hydroxylation is 1. The number of benzene rings is 1. The molecule has 0 aromatic heterocycles. The van der Waals surface area contributed by atoms with E-state index in [-0.39, 0.29) is 18.4 Å². The van der Waals surface area contributed by atoms with E-state index in [2.05, 4.69) is 9.46 Å². The number of rotatable bonds is 7. The van der Waals surface area contributed by atoms with Crippen LogP contribution in [0, 0.1) is 6.92 Å². The second kappa shape index (κ2) is 8.07. The quantitative estimate of drug-likeness (QED) is 0.781. The lowest BCUT2D eigenvalue weighted by atomic mass is 10.1. The summed E-state index contributed by atoms with van der Waals surface area (Å²) >= 11 is 0. The van der Waals surface area contributed by atoms with E-state index in [1.165, 1.54) is 7.11 Å². The highest BCUT2D eigenvalue weighted by Crippen LogP contribution is 2.10. The van der Waals surface area contributed by atoms with E-state index in [9.17, 15) is 9.00 Å². The first-order chi connectivity index (χ1) is 9.06. The smallest absolute Gasteiger partial charge is 0.307 e. The molecule has 0 amide bonds. The number of hydrogen-bond donors (Lipinski definition) is 1. The van der Waals surface area contributed by atoms with Gasteiger partial charge in [-0.1, -0.05) is 31.0 Å². The Morgan fingerprint density at radius 3 is 2.53 bits per heavy atom. The molecule has 1 N–H and O–H groups in total. The molecular formula is C14H21NO3S. The topological polar surface area (TPSA) is 55.4 Å². The molecule has 0 saturated carbocycles. The molecule has 0 heterocycles. The molecule has 106 valence electrons. The third-order valence-corrected chi connectivity index (χ3v) is 4.03. The Morgan fingerprint density at radius 1 is 1.37 bits per heavy atom. The van der Waals surface area contributed by atoms with Crippen molar-refractivity contribution in [1.29, 1.82) is 0 Å².